The number of hydrogen-bond acceptors (Lipinski definition) is 15. The molecule has 3 aromatic heterocycles. The number of amides is 4. The van der Waals surface area contributed by atoms with Crippen LogP contribution in [0.25, 0.3) is 22.0 Å². The minimum absolute atomic E-state index is 0.177. The molecular weight excluding hydrogens is 1030 g/mol. The number of benzene rings is 3. The fourth-order valence-corrected chi connectivity index (χ4v) is 10.5. The topological polar surface area (TPSA) is 213 Å². The molecule has 20 heteroatoms. The highest BCUT2D eigenvalue weighted by molar-refractivity contribution is 7.74. The van der Waals surface area contributed by atoms with E-state index in [9.17, 15) is 19.2 Å². The van der Waals surface area contributed by atoms with Crippen LogP contribution in [-0.2, 0) is 50.5 Å². The maximum Gasteiger partial charge on any atom is 0.348 e. The predicted molar refractivity (Wildman–Crippen MR) is 305 cm³/mol. The zero-order valence-electron chi connectivity index (χ0n) is 45.7. The molecule has 6 aromatic rings. The van der Waals surface area contributed by atoms with Gasteiger partial charge in [-0.1, -0.05) is 76.1 Å². The van der Waals surface area contributed by atoms with Gasteiger partial charge in [-0.15, -0.1) is 21.5 Å². The van der Waals surface area contributed by atoms with Crippen molar-refractivity contribution in [3.63, 3.8) is 0 Å². The highest BCUT2D eigenvalue weighted by Gasteiger charge is 2.55. The molecule has 3 atom stereocenters. The molecule has 1 aliphatic rings. The van der Waals surface area contributed by atoms with E-state index in [4.69, 9.17) is 27.0 Å². The largest absolute Gasteiger partial charge is 0.494 e. The second kappa shape index (κ2) is 29.4. The monoisotopic (exact) mass is 1100 g/mol. The quantitative estimate of drug-likeness (QED) is 0.0162. The lowest BCUT2D eigenvalue weighted by Crippen LogP contribution is -2.63. The Morgan fingerprint density at radius 3 is 2.26 bits per heavy atom. The van der Waals surface area contributed by atoms with Gasteiger partial charge in [0.1, 0.15) is 17.8 Å². The van der Waals surface area contributed by atoms with Gasteiger partial charge in [0.05, 0.1) is 61.8 Å². The first-order chi connectivity index (χ1) is 37.7. The number of quaternary nitrogens is 1. The van der Waals surface area contributed by atoms with Gasteiger partial charge in [0.2, 0.25) is 5.91 Å². The first-order valence-corrected chi connectivity index (χ1v) is 28.3. The van der Waals surface area contributed by atoms with Gasteiger partial charge in [0, 0.05) is 70.1 Å². The Kier molecular flexibility index (Phi) is 22.3. The lowest BCUT2D eigenvalue weighted by Gasteiger charge is -2.37. The summed E-state index contributed by atoms with van der Waals surface area (Å²) >= 11 is 6.48. The molecule has 416 valence electrons. The smallest absolute Gasteiger partial charge is 0.348 e. The number of ether oxygens (including phenoxy) is 3. The second-order valence-electron chi connectivity index (χ2n) is 20.8. The van der Waals surface area contributed by atoms with E-state index in [1.165, 1.54) is 6.33 Å². The van der Waals surface area contributed by atoms with Crippen molar-refractivity contribution in [1.82, 2.24) is 45.7 Å². The minimum atomic E-state index is -0.808. The van der Waals surface area contributed by atoms with Crippen molar-refractivity contribution >= 4 is 53.5 Å². The van der Waals surface area contributed by atoms with Crippen LogP contribution in [-0.4, -0.2) is 109 Å². The Morgan fingerprint density at radius 1 is 0.808 bits per heavy atom. The molecule has 1 aliphatic heterocycles. The number of thiol groups is 1. The Bertz CT molecular complexity index is 2880. The Balaban J connectivity index is 0.687. The highest BCUT2D eigenvalue weighted by Crippen LogP contribution is 2.35. The average molecular weight is 1100 g/mol. The molecule has 0 aliphatic carbocycles. The van der Waals surface area contributed by atoms with Gasteiger partial charge in [-0.2, -0.15) is 3.89 Å². The number of rotatable bonds is 30. The van der Waals surface area contributed by atoms with E-state index < -0.39 is 17.5 Å². The van der Waals surface area contributed by atoms with E-state index in [1.54, 1.807) is 29.7 Å². The molecule has 1 fully saturated rings. The second-order valence-corrected chi connectivity index (χ2v) is 22.3. The van der Waals surface area contributed by atoms with Crippen molar-refractivity contribution in [2.24, 2.45) is 12.5 Å². The molecule has 1 unspecified atom stereocenters. The van der Waals surface area contributed by atoms with Crippen LogP contribution >= 0.6 is 24.2 Å². The molecule has 0 spiro atoms. The summed E-state index contributed by atoms with van der Waals surface area (Å²) in [5, 5.41) is 21.0. The summed E-state index contributed by atoms with van der Waals surface area (Å²) in [4.78, 5) is 67.8. The molecule has 78 heavy (non-hydrogen) atoms. The van der Waals surface area contributed by atoms with Crippen LogP contribution in [0.1, 0.15) is 118 Å². The predicted octanol–water partition coefficient (Wildman–Crippen LogP) is 8.98. The Labute approximate surface area is 468 Å². The fourth-order valence-electron chi connectivity index (χ4n) is 9.23. The number of likely N-dealkylation sites (tertiary alicyclic amines) is 1. The first kappa shape index (κ1) is 59.1. The van der Waals surface area contributed by atoms with Crippen molar-refractivity contribution in [3.8, 4) is 27.7 Å². The molecule has 0 bridgehead atoms. The fraction of sp³-hybridized carbons (Fsp3) is 0.466. The molecule has 4 amide bonds. The van der Waals surface area contributed by atoms with Gasteiger partial charge in [0.25, 0.3) is 11.8 Å². The molecule has 0 radical (unpaired) electrons. The summed E-state index contributed by atoms with van der Waals surface area (Å²) in [7, 11) is 1.88. The van der Waals surface area contributed by atoms with Gasteiger partial charge >= 0.3 is 5.91 Å². The number of aromatic nitrogens is 6. The molecule has 3 aromatic carbocycles. The van der Waals surface area contributed by atoms with Gasteiger partial charge in [-0.25, -0.2) is 19.7 Å². The minimum Gasteiger partial charge on any atom is -0.494 e. The normalized spacial score (nSPS) is 15.6. The summed E-state index contributed by atoms with van der Waals surface area (Å²) in [6, 6.07) is 23.5. The van der Waals surface area contributed by atoms with Crippen LogP contribution < -0.4 is 26.0 Å². The number of unbranched alkanes of at least 4 members (excludes halogenated alkanes) is 5. The average Bonchev–Trinajstić information content (AvgIpc) is 4.18. The van der Waals surface area contributed by atoms with E-state index in [1.807, 2.05) is 112 Å². The standard InChI is InChI=1S/C58H75N11O7S2/c1-41-52(78-40-64-41)44-24-22-42(23-25-44)36-62-56(72)49-20-15-28-69(49,77)57(73)53(58(2,3)4)65-51(70)21-9-8-11-30-75-33-32-74-29-10-6-7-12-31-76-47-19-13-16-43(34-47)37-61-55(71)45-17-14-18-46(35-45)60-38-50-66-67-54(68(50)5)48-26-27-59-39-63-48/h13-14,16-19,22-27,34-35,39-40,49,53,60,77H,6-12,15,20-21,28-33,36-38H2,1-5H3,(H2-,61,62,65,70,71,72)/p+1/t49-,53+,69?/m0/s1. The Hall–Kier alpha value is -6.58. The maximum atomic E-state index is 14.3. The van der Waals surface area contributed by atoms with Crippen LogP contribution in [0.5, 0.6) is 5.75 Å². The number of carbonyl (C=O) groups is 4. The summed E-state index contributed by atoms with van der Waals surface area (Å²) in [6.07, 6.45) is 10.9. The maximum absolute atomic E-state index is 14.3. The van der Waals surface area contributed by atoms with Crippen LogP contribution in [0.2, 0.25) is 0 Å². The van der Waals surface area contributed by atoms with Crippen molar-refractivity contribution in [3.05, 3.63) is 125 Å². The molecule has 1 saturated heterocycles. The van der Waals surface area contributed by atoms with Gasteiger partial charge in [-0.05, 0) is 97.5 Å². The number of carbonyl (C=O) groups excluding carboxylic acids is 4. The summed E-state index contributed by atoms with van der Waals surface area (Å²) in [5.41, 5.74) is 7.25. The Morgan fingerprint density at radius 2 is 1.54 bits per heavy atom. The number of hydrogen-bond donors (Lipinski definition) is 5. The van der Waals surface area contributed by atoms with Crippen molar-refractivity contribution in [2.75, 3.05) is 44.9 Å². The zero-order chi connectivity index (χ0) is 55.3. The molecule has 4 N–H and O–H groups in total. The van der Waals surface area contributed by atoms with Crippen LogP contribution in [0.15, 0.2) is 96.9 Å². The molecular formula is C58H76N11O7S2+. The van der Waals surface area contributed by atoms with Crippen LogP contribution in [0.3, 0.4) is 0 Å². The van der Waals surface area contributed by atoms with Gasteiger partial charge in [0.15, 0.2) is 23.7 Å². The summed E-state index contributed by atoms with van der Waals surface area (Å²) in [6.45, 7) is 12.2. The van der Waals surface area contributed by atoms with Gasteiger partial charge in [-0.3, -0.25) is 14.4 Å². The molecule has 7 rings (SSSR count). The number of anilines is 1. The lowest BCUT2D eigenvalue weighted by atomic mass is 9.85. The van der Waals surface area contributed by atoms with Crippen LogP contribution in [0, 0.1) is 12.3 Å². The van der Waals surface area contributed by atoms with Crippen LogP contribution in [0.4, 0.5) is 5.69 Å². The van der Waals surface area contributed by atoms with E-state index in [0.29, 0.717) is 102 Å². The third-order valence-corrected chi connectivity index (χ3v) is 15.4. The third kappa shape index (κ3) is 17.2. The lowest BCUT2D eigenvalue weighted by molar-refractivity contribution is -0.717. The van der Waals surface area contributed by atoms with E-state index in [-0.39, 0.29) is 27.5 Å². The van der Waals surface area contributed by atoms with Crippen molar-refractivity contribution < 1.29 is 37.3 Å². The first-order valence-electron chi connectivity index (χ1n) is 27.0. The van der Waals surface area contributed by atoms with E-state index in [0.717, 1.165) is 83.0 Å². The van der Waals surface area contributed by atoms with E-state index in [2.05, 4.69) is 46.4 Å². The molecule has 4 heterocycles. The highest BCUT2D eigenvalue weighted by atomic mass is 32.1. The number of nitrogens with one attached hydrogen (secondary N) is 4. The van der Waals surface area contributed by atoms with Crippen molar-refractivity contribution in [1.29, 1.82) is 0 Å². The summed E-state index contributed by atoms with van der Waals surface area (Å²) in [5.74, 6) is 1.29. The van der Waals surface area contributed by atoms with E-state index >= 15 is 0 Å². The zero-order valence-corrected chi connectivity index (χ0v) is 47.4. The molecule has 18 nitrogen and oxygen atoms in total. The SMILES string of the molecule is Cc1ncsc1-c1ccc(CNC(=O)[C@@H]2CCC[N+]2(S)C(=O)[C@@H](NC(=O)CCCCCOCCOCCCCCCOc2cccc(CNC(=O)c3cccc(NCc4nnc(-c5ccncn5)n4C)c3)c2)C(C)(C)C)cc1. The van der Waals surface area contributed by atoms with Gasteiger partial charge < -0.3 is 40.0 Å². The number of nitrogens with zero attached hydrogens (tertiary/aromatic N) is 7. The van der Waals surface area contributed by atoms with Crippen molar-refractivity contribution in [2.45, 2.75) is 124 Å². The number of aryl methyl sites for hydroxylation is 1. The number of thiazole rings is 1. The summed E-state index contributed by atoms with van der Waals surface area (Å²) < 4.78 is 19.1. The molecule has 0 saturated carbocycles. The third-order valence-electron chi connectivity index (χ3n) is 13.7.